The lowest BCUT2D eigenvalue weighted by Crippen LogP contribution is -2.07. The summed E-state index contributed by atoms with van der Waals surface area (Å²) in [5.41, 5.74) is 1.28. The van der Waals surface area contributed by atoms with E-state index in [1.807, 2.05) is 12.1 Å². The molecule has 1 aromatic carbocycles. The molecule has 0 radical (unpaired) electrons. The zero-order valence-corrected chi connectivity index (χ0v) is 17.0. The molecule has 0 saturated carbocycles. The first-order chi connectivity index (χ1) is 13.6. The third-order valence-corrected chi connectivity index (χ3v) is 5.03. The van der Waals surface area contributed by atoms with Gasteiger partial charge >= 0.3 is 11.6 Å². The molecule has 154 valence electrons. The molecule has 0 spiro atoms. The largest absolute Gasteiger partial charge is 0.481 e. The van der Waals surface area contributed by atoms with Crippen LogP contribution in [0.25, 0.3) is 11.0 Å². The number of carboxylic acid groups (broad SMARTS) is 1. The first-order valence-electron chi connectivity index (χ1n) is 10.6. The molecule has 5 heteroatoms. The number of hydrogen-bond acceptors (Lipinski definition) is 4. The Morgan fingerprint density at radius 3 is 2.25 bits per heavy atom. The van der Waals surface area contributed by atoms with Gasteiger partial charge < -0.3 is 14.8 Å². The van der Waals surface area contributed by atoms with Gasteiger partial charge in [0.2, 0.25) is 0 Å². The van der Waals surface area contributed by atoms with Gasteiger partial charge in [-0.2, -0.15) is 0 Å². The van der Waals surface area contributed by atoms with E-state index in [2.05, 4.69) is 12.2 Å². The van der Waals surface area contributed by atoms with Gasteiger partial charge in [-0.1, -0.05) is 64.7 Å². The highest BCUT2D eigenvalue weighted by Crippen LogP contribution is 2.22. The van der Waals surface area contributed by atoms with Crippen molar-refractivity contribution in [2.75, 3.05) is 11.9 Å². The number of aliphatic carboxylic acids is 1. The van der Waals surface area contributed by atoms with Gasteiger partial charge in [0.15, 0.2) is 0 Å². The van der Waals surface area contributed by atoms with Crippen molar-refractivity contribution >= 4 is 22.6 Å². The zero-order chi connectivity index (χ0) is 20.2. The van der Waals surface area contributed by atoms with Crippen LogP contribution < -0.4 is 10.9 Å². The summed E-state index contributed by atoms with van der Waals surface area (Å²) in [6.07, 6.45) is 12.9. The topological polar surface area (TPSA) is 79.5 Å². The Bertz CT molecular complexity index is 797. The summed E-state index contributed by atoms with van der Waals surface area (Å²) >= 11 is 0. The molecule has 0 fully saturated rings. The molecule has 0 saturated heterocycles. The van der Waals surface area contributed by atoms with E-state index in [1.54, 1.807) is 6.07 Å². The molecule has 0 bridgehead atoms. The zero-order valence-electron chi connectivity index (χ0n) is 17.0. The summed E-state index contributed by atoms with van der Waals surface area (Å²) in [5, 5.41) is 13.0. The van der Waals surface area contributed by atoms with Crippen LogP contribution in [0.1, 0.15) is 76.7 Å². The van der Waals surface area contributed by atoms with E-state index in [9.17, 15) is 9.59 Å². The van der Waals surface area contributed by atoms with Gasteiger partial charge in [0.1, 0.15) is 5.58 Å². The lowest BCUT2D eigenvalue weighted by molar-refractivity contribution is -0.136. The highest BCUT2D eigenvalue weighted by atomic mass is 16.4. The number of rotatable bonds is 14. The van der Waals surface area contributed by atoms with Crippen LogP contribution in [-0.4, -0.2) is 17.6 Å². The maximum absolute atomic E-state index is 11.7. The minimum absolute atomic E-state index is 0.187. The van der Waals surface area contributed by atoms with Crippen molar-refractivity contribution < 1.29 is 14.3 Å². The Morgan fingerprint density at radius 2 is 1.61 bits per heavy atom. The molecule has 5 nitrogen and oxygen atoms in total. The number of anilines is 1. The van der Waals surface area contributed by atoms with Crippen molar-refractivity contribution in [3.63, 3.8) is 0 Å². The molecule has 0 aliphatic carbocycles. The number of fused-ring (bicyclic) bond motifs is 1. The fraction of sp³-hybridized carbons (Fsp3) is 0.565. The third-order valence-electron chi connectivity index (χ3n) is 5.03. The van der Waals surface area contributed by atoms with E-state index in [4.69, 9.17) is 9.52 Å². The quantitative estimate of drug-likeness (QED) is 0.318. The van der Waals surface area contributed by atoms with Crippen molar-refractivity contribution in [2.45, 2.75) is 77.6 Å². The SMILES string of the molecule is CCCCCCCCCCCCNc1ccc2c(CC(=O)O)cc(=O)oc2c1. The van der Waals surface area contributed by atoms with Gasteiger partial charge in [-0.15, -0.1) is 0 Å². The Kier molecular flexibility index (Phi) is 9.60. The number of hydrogen-bond donors (Lipinski definition) is 2. The second-order valence-electron chi connectivity index (χ2n) is 7.48. The first-order valence-corrected chi connectivity index (χ1v) is 10.6. The average Bonchev–Trinajstić information content (AvgIpc) is 2.65. The van der Waals surface area contributed by atoms with E-state index in [0.717, 1.165) is 18.7 Å². The van der Waals surface area contributed by atoms with Crippen LogP contribution >= 0.6 is 0 Å². The van der Waals surface area contributed by atoms with E-state index >= 15 is 0 Å². The number of benzene rings is 1. The van der Waals surface area contributed by atoms with Gasteiger partial charge in [-0.05, 0) is 24.1 Å². The molecule has 0 atom stereocenters. The summed E-state index contributed by atoms with van der Waals surface area (Å²) in [6.45, 7) is 3.12. The van der Waals surface area contributed by atoms with Gasteiger partial charge in [0.25, 0.3) is 0 Å². The second-order valence-corrected chi connectivity index (χ2v) is 7.48. The lowest BCUT2D eigenvalue weighted by atomic mass is 10.1. The van der Waals surface area contributed by atoms with Gasteiger partial charge in [-0.3, -0.25) is 4.79 Å². The second kappa shape index (κ2) is 12.2. The highest BCUT2D eigenvalue weighted by molar-refractivity contribution is 5.86. The highest BCUT2D eigenvalue weighted by Gasteiger charge is 2.09. The fourth-order valence-corrected chi connectivity index (χ4v) is 3.49. The first kappa shape index (κ1) is 22.0. The van der Waals surface area contributed by atoms with Crippen molar-refractivity contribution in [3.05, 3.63) is 40.2 Å². The smallest absolute Gasteiger partial charge is 0.336 e. The summed E-state index contributed by atoms with van der Waals surface area (Å²) < 4.78 is 5.24. The Morgan fingerprint density at radius 1 is 0.964 bits per heavy atom. The maximum atomic E-state index is 11.7. The van der Waals surface area contributed by atoms with Crippen molar-refractivity contribution in [2.24, 2.45) is 0 Å². The van der Waals surface area contributed by atoms with Crippen molar-refractivity contribution in [1.29, 1.82) is 0 Å². The fourth-order valence-electron chi connectivity index (χ4n) is 3.49. The summed E-state index contributed by atoms with van der Waals surface area (Å²) in [6, 6.07) is 6.76. The molecule has 0 aliphatic heterocycles. The molecule has 1 heterocycles. The third kappa shape index (κ3) is 7.75. The Hall–Kier alpha value is -2.30. The molecular weight excluding hydrogens is 354 g/mol. The van der Waals surface area contributed by atoms with Crippen LogP contribution in [0.15, 0.2) is 33.5 Å². The van der Waals surface area contributed by atoms with E-state index < -0.39 is 11.6 Å². The summed E-state index contributed by atoms with van der Waals surface area (Å²) in [5.74, 6) is -0.963. The predicted octanol–water partition coefficient (Wildman–Crippen LogP) is 5.75. The van der Waals surface area contributed by atoms with Crippen LogP contribution in [0.5, 0.6) is 0 Å². The van der Waals surface area contributed by atoms with Crippen LogP contribution in [0.4, 0.5) is 5.69 Å². The molecule has 0 aliphatic rings. The predicted molar refractivity (Wildman–Crippen MR) is 114 cm³/mol. The van der Waals surface area contributed by atoms with E-state index in [1.165, 1.54) is 63.9 Å². The van der Waals surface area contributed by atoms with Gasteiger partial charge in [-0.25, -0.2) is 4.79 Å². The Labute approximate surface area is 167 Å². The van der Waals surface area contributed by atoms with Gasteiger partial charge in [0.05, 0.1) is 6.42 Å². The van der Waals surface area contributed by atoms with Crippen LogP contribution in [0.2, 0.25) is 0 Å². The summed E-state index contributed by atoms with van der Waals surface area (Å²) in [4.78, 5) is 22.6. The van der Waals surface area contributed by atoms with Crippen LogP contribution in [0, 0.1) is 0 Å². The monoisotopic (exact) mass is 387 g/mol. The molecule has 0 unspecified atom stereocenters. The normalized spacial score (nSPS) is 11.0. The van der Waals surface area contributed by atoms with Crippen molar-refractivity contribution in [1.82, 2.24) is 0 Å². The van der Waals surface area contributed by atoms with E-state index in [-0.39, 0.29) is 6.42 Å². The molecule has 2 rings (SSSR count). The molecule has 28 heavy (non-hydrogen) atoms. The number of unbranched alkanes of at least 4 members (excludes halogenated alkanes) is 9. The van der Waals surface area contributed by atoms with Crippen molar-refractivity contribution in [3.8, 4) is 0 Å². The minimum atomic E-state index is -0.963. The van der Waals surface area contributed by atoms with Crippen LogP contribution in [0.3, 0.4) is 0 Å². The lowest BCUT2D eigenvalue weighted by Gasteiger charge is -2.09. The molecule has 1 aromatic heterocycles. The molecule has 2 N–H and O–H groups in total. The standard InChI is InChI=1S/C23H33NO4/c1-2-3-4-5-6-7-8-9-10-11-14-24-19-12-13-20-18(15-22(25)26)16-23(27)28-21(20)17-19/h12-13,16-17,24H,2-11,14-15H2,1H3,(H,25,26). The molecule has 2 aromatic rings. The molecule has 0 amide bonds. The Balaban J connectivity index is 1.72. The van der Waals surface area contributed by atoms with Gasteiger partial charge in [0, 0.05) is 29.8 Å². The minimum Gasteiger partial charge on any atom is -0.481 e. The number of nitrogens with one attached hydrogen (secondary N) is 1. The number of carbonyl (C=O) groups is 1. The maximum Gasteiger partial charge on any atom is 0.336 e. The summed E-state index contributed by atoms with van der Waals surface area (Å²) in [7, 11) is 0. The average molecular weight is 388 g/mol. The van der Waals surface area contributed by atoms with Crippen LogP contribution in [-0.2, 0) is 11.2 Å². The number of carboxylic acids is 1. The molecular formula is C23H33NO4. The van der Waals surface area contributed by atoms with E-state index in [0.29, 0.717) is 16.5 Å².